The Morgan fingerprint density at radius 3 is 2.21 bits per heavy atom. The van der Waals surface area contributed by atoms with Crippen molar-refractivity contribution in [2.75, 3.05) is 0 Å². The lowest BCUT2D eigenvalue weighted by Gasteiger charge is -2.16. The van der Waals surface area contributed by atoms with E-state index in [0.29, 0.717) is 18.2 Å². The molecule has 1 aromatic heterocycles. The van der Waals surface area contributed by atoms with Gasteiger partial charge < -0.3 is 0 Å². The minimum absolute atomic E-state index is 0.00628. The van der Waals surface area contributed by atoms with Gasteiger partial charge in [-0.3, -0.25) is 0 Å². The Bertz CT molecular complexity index is 1080. The van der Waals surface area contributed by atoms with E-state index in [-0.39, 0.29) is 27.5 Å². The van der Waals surface area contributed by atoms with E-state index in [0.717, 1.165) is 12.1 Å². The molecule has 1 N–H and O–H groups in total. The molecule has 0 aliphatic rings. The fourth-order valence-corrected chi connectivity index (χ4v) is 2.83. The lowest BCUT2D eigenvalue weighted by molar-refractivity contribution is -0.141. The van der Waals surface area contributed by atoms with Crippen LogP contribution < -0.4 is 0 Å². The minimum atomic E-state index is -4.90. The molecule has 11 heteroatoms. The first kappa shape index (κ1) is 19.7. The highest BCUT2D eigenvalue weighted by Crippen LogP contribution is 2.42. The van der Waals surface area contributed by atoms with Crippen molar-refractivity contribution in [3.8, 4) is 28.5 Å². The maximum atomic E-state index is 13.4. The first-order valence-corrected chi connectivity index (χ1v) is 7.79. The summed E-state index contributed by atoms with van der Waals surface area (Å²) in [4.78, 5) is 0. The van der Waals surface area contributed by atoms with Gasteiger partial charge in [0.2, 0.25) is 0 Å². The Hall–Kier alpha value is -3.06. The van der Waals surface area contributed by atoms with E-state index in [9.17, 15) is 26.3 Å². The number of aromatic amines is 1. The van der Waals surface area contributed by atoms with Crippen LogP contribution in [0.1, 0.15) is 16.8 Å². The van der Waals surface area contributed by atoms with Crippen molar-refractivity contribution in [1.29, 1.82) is 5.26 Å². The molecule has 4 nitrogen and oxygen atoms in total. The molecule has 0 saturated carbocycles. The molecule has 0 spiro atoms. The van der Waals surface area contributed by atoms with Crippen LogP contribution in [0.4, 0.5) is 26.3 Å². The second-order valence-corrected chi connectivity index (χ2v) is 6.07. The van der Waals surface area contributed by atoms with Gasteiger partial charge in [-0.15, -0.1) is 5.10 Å². The average Bonchev–Trinajstić information content (AvgIpc) is 3.08. The number of nitrogens with zero attached hydrogens (tertiary/aromatic N) is 3. The summed E-state index contributed by atoms with van der Waals surface area (Å²) in [6.45, 7) is 0. The zero-order valence-corrected chi connectivity index (χ0v) is 14.2. The Morgan fingerprint density at radius 1 is 0.929 bits per heavy atom. The molecular weight excluding hydrogens is 410 g/mol. The van der Waals surface area contributed by atoms with E-state index in [1.54, 1.807) is 6.07 Å². The summed E-state index contributed by atoms with van der Waals surface area (Å²) in [5.74, 6) is 0. The maximum Gasteiger partial charge on any atom is 0.417 e. The quantitative estimate of drug-likeness (QED) is 0.545. The summed E-state index contributed by atoms with van der Waals surface area (Å²) in [6.07, 6.45) is -9.73. The Morgan fingerprint density at radius 2 is 1.61 bits per heavy atom. The molecule has 0 fully saturated rings. The average molecular weight is 417 g/mol. The van der Waals surface area contributed by atoms with Crippen LogP contribution >= 0.6 is 11.6 Å². The lowest BCUT2D eigenvalue weighted by Crippen LogP contribution is -2.11. The summed E-state index contributed by atoms with van der Waals surface area (Å²) in [5.41, 5.74) is -3.36. The molecule has 0 atom stereocenters. The van der Waals surface area contributed by atoms with Gasteiger partial charge >= 0.3 is 12.4 Å². The van der Waals surface area contributed by atoms with Gasteiger partial charge in [0.05, 0.1) is 11.1 Å². The normalized spacial score (nSPS) is 12.1. The summed E-state index contributed by atoms with van der Waals surface area (Å²) < 4.78 is 79.2. The third-order valence-corrected chi connectivity index (χ3v) is 4.01. The van der Waals surface area contributed by atoms with Crippen molar-refractivity contribution in [3.63, 3.8) is 0 Å². The summed E-state index contributed by atoms with van der Waals surface area (Å²) in [7, 11) is 0. The molecule has 1 heterocycles. The predicted octanol–water partition coefficient (Wildman–Crippen LogP) is 5.70. The number of halogens is 7. The van der Waals surface area contributed by atoms with E-state index >= 15 is 0 Å². The largest absolute Gasteiger partial charge is 0.417 e. The topological polar surface area (TPSA) is 65.4 Å². The van der Waals surface area contributed by atoms with Gasteiger partial charge in [-0.05, 0) is 47.5 Å². The Kier molecular flexibility index (Phi) is 4.81. The molecule has 144 valence electrons. The minimum Gasteiger partial charge on any atom is -0.247 e. The van der Waals surface area contributed by atoms with Crippen molar-refractivity contribution >= 4 is 11.6 Å². The first-order valence-electron chi connectivity index (χ1n) is 7.41. The molecule has 0 aliphatic carbocycles. The number of benzene rings is 2. The zero-order valence-electron chi connectivity index (χ0n) is 13.5. The number of nitriles is 1. The van der Waals surface area contributed by atoms with Gasteiger partial charge in [0, 0.05) is 10.6 Å². The highest BCUT2D eigenvalue weighted by Gasteiger charge is 2.37. The van der Waals surface area contributed by atoms with Gasteiger partial charge in [0.1, 0.15) is 11.8 Å². The molecular formula is C17H7ClF6N4. The molecule has 28 heavy (non-hydrogen) atoms. The van der Waals surface area contributed by atoms with Gasteiger partial charge in [-0.2, -0.15) is 31.6 Å². The number of hydrogen-bond acceptors (Lipinski definition) is 3. The molecule has 0 amide bonds. The zero-order chi connectivity index (χ0) is 20.7. The highest BCUT2D eigenvalue weighted by molar-refractivity contribution is 6.31. The lowest BCUT2D eigenvalue weighted by atomic mass is 9.94. The monoisotopic (exact) mass is 416 g/mol. The van der Waals surface area contributed by atoms with Crippen LogP contribution in [0.3, 0.4) is 0 Å². The SMILES string of the molecule is N#Cc1[nH]nnc1-c1cc(Cl)cc(-c2cc(C(F)(F)F)ccc2C(F)(F)F)c1. The van der Waals surface area contributed by atoms with E-state index in [1.807, 2.05) is 0 Å². The van der Waals surface area contributed by atoms with E-state index < -0.39 is 29.0 Å². The van der Waals surface area contributed by atoms with Crippen LogP contribution in [-0.4, -0.2) is 15.4 Å². The molecule has 2 aromatic carbocycles. The highest BCUT2D eigenvalue weighted by atomic mass is 35.5. The first-order chi connectivity index (χ1) is 13.0. The number of nitrogens with one attached hydrogen (secondary N) is 1. The fraction of sp³-hybridized carbons (Fsp3) is 0.118. The van der Waals surface area contributed by atoms with Crippen LogP contribution in [0.2, 0.25) is 5.02 Å². The van der Waals surface area contributed by atoms with E-state index in [1.165, 1.54) is 6.07 Å². The standard InChI is InChI=1S/C17H7ClF6N4/c18-11-4-8(3-9(5-11)15-14(7-25)26-28-27-15)12-6-10(16(19,20)21)1-2-13(12)17(22,23)24/h1-6H,(H,26,27,28). The molecule has 3 rings (SSSR count). The number of rotatable bonds is 2. The molecule has 3 aromatic rings. The van der Waals surface area contributed by atoms with Crippen molar-refractivity contribution in [2.24, 2.45) is 0 Å². The van der Waals surface area contributed by atoms with Crippen LogP contribution in [0.25, 0.3) is 22.4 Å². The third kappa shape index (κ3) is 3.80. The van der Waals surface area contributed by atoms with Crippen LogP contribution in [-0.2, 0) is 12.4 Å². The molecule has 0 aliphatic heterocycles. The van der Waals surface area contributed by atoms with Crippen molar-refractivity contribution < 1.29 is 26.3 Å². The predicted molar refractivity (Wildman–Crippen MR) is 87.0 cm³/mol. The van der Waals surface area contributed by atoms with Gasteiger partial charge in [-0.1, -0.05) is 16.8 Å². The molecule has 0 radical (unpaired) electrons. The second-order valence-electron chi connectivity index (χ2n) is 5.63. The van der Waals surface area contributed by atoms with Gasteiger partial charge in [-0.25, -0.2) is 5.10 Å². The molecule has 0 bridgehead atoms. The van der Waals surface area contributed by atoms with E-state index in [4.69, 9.17) is 16.9 Å². The Balaban J connectivity index is 2.27. The van der Waals surface area contributed by atoms with Gasteiger partial charge in [0.25, 0.3) is 0 Å². The Labute approximate surface area is 158 Å². The summed E-state index contributed by atoms with van der Waals surface area (Å²) in [6, 6.07) is 6.48. The molecule has 0 saturated heterocycles. The number of alkyl halides is 6. The maximum absolute atomic E-state index is 13.4. The van der Waals surface area contributed by atoms with Crippen molar-refractivity contribution in [2.45, 2.75) is 12.4 Å². The third-order valence-electron chi connectivity index (χ3n) is 3.79. The number of hydrogen-bond donors (Lipinski definition) is 1. The summed E-state index contributed by atoms with van der Waals surface area (Å²) >= 11 is 5.96. The smallest absolute Gasteiger partial charge is 0.247 e. The van der Waals surface area contributed by atoms with Crippen molar-refractivity contribution in [3.05, 3.63) is 58.2 Å². The van der Waals surface area contributed by atoms with Gasteiger partial charge in [0.15, 0.2) is 5.69 Å². The second kappa shape index (κ2) is 6.83. The fourth-order valence-electron chi connectivity index (χ4n) is 2.60. The number of aromatic nitrogens is 3. The molecule has 0 unspecified atom stereocenters. The van der Waals surface area contributed by atoms with Crippen molar-refractivity contribution in [1.82, 2.24) is 15.4 Å². The number of H-pyrrole nitrogens is 1. The summed E-state index contributed by atoms with van der Waals surface area (Å²) in [5, 5.41) is 18.4. The van der Waals surface area contributed by atoms with E-state index in [2.05, 4.69) is 15.4 Å². The van der Waals surface area contributed by atoms with Crippen LogP contribution in [0.15, 0.2) is 36.4 Å². The van der Waals surface area contributed by atoms with Crippen LogP contribution in [0, 0.1) is 11.3 Å². The van der Waals surface area contributed by atoms with Crippen LogP contribution in [0.5, 0.6) is 0 Å².